The van der Waals surface area contributed by atoms with Crippen LogP contribution in [-0.4, -0.2) is 28.9 Å². The van der Waals surface area contributed by atoms with Crippen LogP contribution in [0.5, 0.6) is 0 Å². The second-order valence-electron chi connectivity index (χ2n) is 7.46. The van der Waals surface area contributed by atoms with Gasteiger partial charge in [0.05, 0.1) is 5.71 Å². The van der Waals surface area contributed by atoms with Crippen LogP contribution in [-0.2, 0) is 4.74 Å². The predicted octanol–water partition coefficient (Wildman–Crippen LogP) is 3.60. The first-order valence-corrected chi connectivity index (χ1v) is 9.07. The van der Waals surface area contributed by atoms with E-state index in [1.165, 1.54) is 12.1 Å². The molecule has 0 bridgehead atoms. The van der Waals surface area contributed by atoms with Gasteiger partial charge in [0.1, 0.15) is 5.82 Å². The van der Waals surface area contributed by atoms with Crippen LogP contribution in [0.4, 0.5) is 4.39 Å². The maximum Gasteiger partial charge on any atom is 0.200 e. The maximum atomic E-state index is 13.2. The van der Waals surface area contributed by atoms with E-state index in [0.717, 1.165) is 25.7 Å². The predicted molar refractivity (Wildman–Crippen MR) is 95.9 cm³/mol. The fraction of sp³-hybridized carbons (Fsp3) is 0.550. The van der Waals surface area contributed by atoms with Crippen molar-refractivity contribution in [3.8, 4) is 0 Å². The summed E-state index contributed by atoms with van der Waals surface area (Å²) >= 11 is 0. The minimum absolute atomic E-state index is 0.229. The first kappa shape index (κ1) is 18.2. The number of aliphatic hydroxyl groups is 1. The Hall–Kier alpha value is -1.56. The number of aliphatic hydroxyl groups excluding tert-OH is 1. The van der Waals surface area contributed by atoms with Crippen molar-refractivity contribution in [1.29, 1.82) is 5.41 Å². The summed E-state index contributed by atoms with van der Waals surface area (Å²) in [6.07, 6.45) is 7.28. The van der Waals surface area contributed by atoms with Crippen LogP contribution in [0.3, 0.4) is 0 Å². The molecule has 25 heavy (non-hydrogen) atoms. The average molecular weight is 346 g/mol. The molecule has 1 aromatic rings. The first-order valence-electron chi connectivity index (χ1n) is 9.07. The molecular formula is C20H27FN2O2. The van der Waals surface area contributed by atoms with Gasteiger partial charge in [-0.1, -0.05) is 32.1 Å². The Labute approximate surface area is 148 Å². The third-order valence-electron chi connectivity index (χ3n) is 5.35. The van der Waals surface area contributed by atoms with Crippen molar-refractivity contribution in [1.82, 2.24) is 5.32 Å². The minimum atomic E-state index is -0.697. The van der Waals surface area contributed by atoms with Gasteiger partial charge in [-0.05, 0) is 49.8 Å². The van der Waals surface area contributed by atoms with Crippen LogP contribution in [0.25, 0.3) is 0 Å². The second-order valence-corrected chi connectivity index (χ2v) is 7.46. The summed E-state index contributed by atoms with van der Waals surface area (Å²) in [6, 6.07) is 6.51. The normalized spacial score (nSPS) is 32.3. The van der Waals surface area contributed by atoms with Gasteiger partial charge in [0.15, 0.2) is 5.72 Å². The molecule has 4 nitrogen and oxygen atoms in total. The highest BCUT2D eigenvalue weighted by Gasteiger charge is 2.59. The van der Waals surface area contributed by atoms with E-state index in [0.29, 0.717) is 23.2 Å². The fourth-order valence-electron chi connectivity index (χ4n) is 3.60. The smallest absolute Gasteiger partial charge is 0.200 e. The molecule has 1 unspecified atom stereocenters. The van der Waals surface area contributed by atoms with Crippen LogP contribution in [0.15, 0.2) is 36.4 Å². The van der Waals surface area contributed by atoms with Crippen LogP contribution in [0, 0.1) is 23.1 Å². The number of benzene rings is 1. The number of hydrogen-bond donors (Lipinski definition) is 3. The number of hydrogen-bond acceptors (Lipinski definition) is 4. The van der Waals surface area contributed by atoms with E-state index in [2.05, 4.69) is 25.2 Å². The summed E-state index contributed by atoms with van der Waals surface area (Å²) in [5.41, 5.74) is 0.380. The fourth-order valence-corrected chi connectivity index (χ4v) is 3.60. The van der Waals surface area contributed by atoms with Crippen molar-refractivity contribution in [2.45, 2.75) is 57.6 Å². The molecule has 2 atom stereocenters. The molecule has 5 heteroatoms. The Kier molecular flexibility index (Phi) is 5.37. The van der Waals surface area contributed by atoms with E-state index in [1.807, 2.05) is 0 Å². The van der Waals surface area contributed by atoms with E-state index in [-0.39, 0.29) is 11.7 Å². The Balaban J connectivity index is 1.49. The Morgan fingerprint density at radius 3 is 2.60 bits per heavy atom. The van der Waals surface area contributed by atoms with Crippen molar-refractivity contribution >= 4 is 5.71 Å². The second kappa shape index (κ2) is 7.36. The van der Waals surface area contributed by atoms with E-state index in [9.17, 15) is 9.50 Å². The third kappa shape index (κ3) is 4.17. The third-order valence-corrected chi connectivity index (χ3v) is 5.35. The van der Waals surface area contributed by atoms with E-state index >= 15 is 0 Å². The first-order chi connectivity index (χ1) is 11.9. The molecule has 1 saturated heterocycles. The molecule has 2 aliphatic rings. The molecule has 3 N–H and O–H groups in total. The topological polar surface area (TPSA) is 68.6 Å². The van der Waals surface area contributed by atoms with Gasteiger partial charge in [-0.3, -0.25) is 5.32 Å². The van der Waals surface area contributed by atoms with E-state index in [4.69, 9.17) is 10.1 Å². The van der Waals surface area contributed by atoms with Gasteiger partial charge in [0, 0.05) is 17.5 Å². The average Bonchev–Trinajstić information content (AvgIpc) is 3.25. The van der Waals surface area contributed by atoms with Crippen molar-refractivity contribution in [3.63, 3.8) is 0 Å². The summed E-state index contributed by atoms with van der Waals surface area (Å²) in [6.45, 7) is 4.10. The Morgan fingerprint density at radius 1 is 1.36 bits per heavy atom. The lowest BCUT2D eigenvalue weighted by Crippen LogP contribution is -2.47. The van der Waals surface area contributed by atoms with Crippen molar-refractivity contribution in [3.05, 3.63) is 47.8 Å². The summed E-state index contributed by atoms with van der Waals surface area (Å²) in [5, 5.41) is 21.3. The standard InChI is InChI=1S/C20H27FN2O2/c1-13(2)20(19(24)25-20)23-17-9-6-14(7-10-17)8-11-18(22)15-4-3-5-16(21)12-15/h3-5,8,11-14,17,19,22-24H,6-7,9-10H2,1-2H3/b11-8+,22-18?/t14?,17?,19?,20-/m1/s1. The van der Waals surface area contributed by atoms with E-state index in [1.54, 1.807) is 18.2 Å². The molecule has 0 amide bonds. The number of allylic oxidation sites excluding steroid dienone is 2. The summed E-state index contributed by atoms with van der Waals surface area (Å²) < 4.78 is 18.6. The molecule has 0 spiro atoms. The number of halogens is 1. The molecule has 136 valence electrons. The number of nitrogens with one attached hydrogen (secondary N) is 2. The minimum Gasteiger partial charge on any atom is -0.364 e. The Bertz CT molecular complexity index is 653. The van der Waals surface area contributed by atoms with Crippen LogP contribution in [0.1, 0.15) is 45.1 Å². The van der Waals surface area contributed by atoms with Gasteiger partial charge < -0.3 is 15.3 Å². The van der Waals surface area contributed by atoms with Gasteiger partial charge in [-0.2, -0.15) is 0 Å². The molecule has 1 aliphatic heterocycles. The molecule has 1 aliphatic carbocycles. The lowest BCUT2D eigenvalue weighted by atomic mass is 9.84. The van der Waals surface area contributed by atoms with Gasteiger partial charge >= 0.3 is 0 Å². The van der Waals surface area contributed by atoms with E-state index < -0.39 is 12.0 Å². The molecule has 0 radical (unpaired) electrons. The number of ether oxygens (including phenoxy) is 1. The lowest BCUT2D eigenvalue weighted by Gasteiger charge is -2.31. The molecule has 1 heterocycles. The van der Waals surface area contributed by atoms with Gasteiger partial charge in [0.25, 0.3) is 0 Å². The SMILES string of the molecule is CC(C)[C@@]1(NC2CCC(/C=C/C(=N)c3cccc(F)c3)CC2)OC1O. The highest BCUT2D eigenvalue weighted by molar-refractivity contribution is 6.06. The number of rotatable bonds is 6. The lowest BCUT2D eigenvalue weighted by molar-refractivity contribution is 0.143. The van der Waals surface area contributed by atoms with Gasteiger partial charge in [-0.15, -0.1) is 0 Å². The quantitative estimate of drug-likeness (QED) is 0.544. The monoisotopic (exact) mass is 346 g/mol. The highest BCUT2D eigenvalue weighted by Crippen LogP contribution is 2.40. The zero-order valence-corrected chi connectivity index (χ0v) is 14.8. The van der Waals surface area contributed by atoms with Gasteiger partial charge in [0.2, 0.25) is 6.29 Å². The van der Waals surface area contributed by atoms with Crippen molar-refractivity contribution in [2.24, 2.45) is 11.8 Å². The molecule has 3 rings (SSSR count). The zero-order chi connectivity index (χ0) is 18.0. The summed E-state index contributed by atoms with van der Waals surface area (Å²) in [7, 11) is 0. The Morgan fingerprint density at radius 2 is 2.04 bits per heavy atom. The van der Waals surface area contributed by atoms with Crippen LogP contribution in [0.2, 0.25) is 0 Å². The molecule has 1 saturated carbocycles. The molecule has 0 aromatic heterocycles. The number of epoxide rings is 1. The molecular weight excluding hydrogens is 319 g/mol. The summed E-state index contributed by atoms with van der Waals surface area (Å²) in [4.78, 5) is 0. The van der Waals surface area contributed by atoms with Crippen molar-refractivity contribution in [2.75, 3.05) is 0 Å². The molecule has 2 fully saturated rings. The maximum absolute atomic E-state index is 13.2. The summed E-state index contributed by atoms with van der Waals surface area (Å²) in [5.74, 6) is 0.352. The zero-order valence-electron chi connectivity index (χ0n) is 14.8. The van der Waals surface area contributed by atoms with Crippen LogP contribution < -0.4 is 5.32 Å². The van der Waals surface area contributed by atoms with Gasteiger partial charge in [-0.25, -0.2) is 4.39 Å². The molecule has 1 aromatic carbocycles. The highest BCUT2D eigenvalue weighted by atomic mass is 19.1. The van der Waals surface area contributed by atoms with Crippen LogP contribution >= 0.6 is 0 Å². The largest absolute Gasteiger partial charge is 0.364 e. The van der Waals surface area contributed by atoms with Crippen molar-refractivity contribution < 1.29 is 14.2 Å².